The van der Waals surface area contributed by atoms with E-state index in [0.717, 1.165) is 33.7 Å². The first kappa shape index (κ1) is 16.0. The normalized spacial score (nSPS) is 10.8. The lowest BCUT2D eigenvalue weighted by molar-refractivity contribution is -0.664. The van der Waals surface area contributed by atoms with Gasteiger partial charge in [-0.2, -0.15) is 9.13 Å². The second-order valence-electron chi connectivity index (χ2n) is 6.47. The Bertz CT molecular complexity index is 1180. The first-order valence-electron chi connectivity index (χ1n) is 8.45. The Morgan fingerprint density at radius 2 is 1.85 bits per heavy atom. The van der Waals surface area contributed by atoms with Gasteiger partial charge in [0.15, 0.2) is 17.6 Å². The third-order valence-electron chi connectivity index (χ3n) is 4.82. The quantitative estimate of drug-likeness (QED) is 0.393. The van der Waals surface area contributed by atoms with E-state index in [1.54, 1.807) is 12.7 Å². The van der Waals surface area contributed by atoms with Gasteiger partial charge in [0.05, 0.1) is 6.57 Å². The molecule has 2 aromatic carbocycles. The van der Waals surface area contributed by atoms with Crippen molar-refractivity contribution in [2.75, 3.05) is 0 Å². The highest BCUT2D eigenvalue weighted by Gasteiger charge is 2.24. The summed E-state index contributed by atoms with van der Waals surface area (Å²) in [5.74, 6) is 0. The second kappa shape index (κ2) is 6.12. The number of benzene rings is 2. The SMILES string of the molecule is [C-]#[N+]c1cc(-c2coc[n+]2C)c(C)c(-[n+]2c(C)ccc3ccccc32)c1. The maximum Gasteiger partial charge on any atom is 0.334 e. The zero-order chi connectivity index (χ0) is 18.3. The molecule has 0 saturated heterocycles. The van der Waals surface area contributed by atoms with E-state index in [-0.39, 0.29) is 0 Å². The lowest BCUT2D eigenvalue weighted by Gasteiger charge is -2.09. The largest absolute Gasteiger partial charge is 0.412 e. The van der Waals surface area contributed by atoms with Gasteiger partial charge in [0.1, 0.15) is 7.05 Å². The lowest BCUT2D eigenvalue weighted by Crippen LogP contribution is -2.36. The van der Waals surface area contributed by atoms with E-state index in [0.29, 0.717) is 5.69 Å². The predicted octanol–water partition coefficient (Wildman–Crippen LogP) is 4.37. The van der Waals surface area contributed by atoms with Crippen LogP contribution in [0.5, 0.6) is 0 Å². The third-order valence-corrected chi connectivity index (χ3v) is 4.82. The summed E-state index contributed by atoms with van der Waals surface area (Å²) in [7, 11) is 1.94. The minimum Gasteiger partial charge on any atom is -0.412 e. The Morgan fingerprint density at radius 1 is 1.04 bits per heavy atom. The Balaban J connectivity index is 2.10. The maximum absolute atomic E-state index is 7.55. The molecule has 4 heteroatoms. The molecule has 0 N–H and O–H groups in total. The van der Waals surface area contributed by atoms with Gasteiger partial charge in [-0.15, -0.1) is 0 Å². The molecule has 0 aliphatic heterocycles. The number of aromatic nitrogens is 2. The van der Waals surface area contributed by atoms with Crippen LogP contribution in [-0.2, 0) is 7.05 Å². The minimum atomic E-state index is 0.613. The summed E-state index contributed by atoms with van der Waals surface area (Å²) < 4.78 is 9.50. The third kappa shape index (κ3) is 2.46. The van der Waals surface area contributed by atoms with Crippen molar-refractivity contribution in [2.24, 2.45) is 7.05 Å². The summed E-state index contributed by atoms with van der Waals surface area (Å²) >= 11 is 0. The number of para-hydroxylation sites is 1. The van der Waals surface area contributed by atoms with Crippen LogP contribution in [0.15, 0.2) is 65.6 Å². The molecule has 4 nitrogen and oxygen atoms in total. The summed E-state index contributed by atoms with van der Waals surface area (Å²) in [5, 5.41) is 1.17. The highest BCUT2D eigenvalue weighted by Crippen LogP contribution is 2.30. The molecule has 0 spiro atoms. The number of fused-ring (bicyclic) bond motifs is 1. The van der Waals surface area contributed by atoms with Crippen molar-refractivity contribution in [3.63, 3.8) is 0 Å². The molecular formula is C22H19N3O+2. The highest BCUT2D eigenvalue weighted by molar-refractivity contribution is 5.77. The first-order chi connectivity index (χ1) is 12.6. The van der Waals surface area contributed by atoms with Crippen molar-refractivity contribution < 1.29 is 13.6 Å². The number of oxazole rings is 1. The number of hydrogen-bond acceptors (Lipinski definition) is 1. The van der Waals surface area contributed by atoms with E-state index in [2.05, 4.69) is 47.5 Å². The molecule has 0 aliphatic rings. The topological polar surface area (TPSA) is 25.3 Å². The molecule has 0 fully saturated rings. The fraction of sp³-hybridized carbons (Fsp3) is 0.136. The summed E-state index contributed by atoms with van der Waals surface area (Å²) in [6.45, 7) is 11.7. The van der Waals surface area contributed by atoms with E-state index in [1.807, 2.05) is 35.9 Å². The van der Waals surface area contributed by atoms with E-state index in [1.165, 1.54) is 5.39 Å². The molecule has 0 saturated carbocycles. The van der Waals surface area contributed by atoms with Crippen LogP contribution in [0, 0.1) is 20.4 Å². The molecule has 2 heterocycles. The smallest absolute Gasteiger partial charge is 0.334 e. The molecule has 0 atom stereocenters. The molecule has 4 aromatic rings. The maximum atomic E-state index is 7.55. The van der Waals surface area contributed by atoms with Gasteiger partial charge in [-0.05, 0) is 25.1 Å². The Morgan fingerprint density at radius 3 is 2.58 bits per heavy atom. The van der Waals surface area contributed by atoms with Crippen LogP contribution in [0.3, 0.4) is 0 Å². The van der Waals surface area contributed by atoms with Crippen molar-refractivity contribution in [3.8, 4) is 16.9 Å². The van der Waals surface area contributed by atoms with Crippen molar-refractivity contribution in [2.45, 2.75) is 13.8 Å². The van der Waals surface area contributed by atoms with Crippen molar-refractivity contribution in [1.82, 2.24) is 0 Å². The van der Waals surface area contributed by atoms with E-state index >= 15 is 0 Å². The standard InChI is InChI=1S/C22H19N3O/c1-15-9-10-17-7-5-6-8-20(17)25(15)21-12-18(23-3)11-19(16(21)2)22-13-26-14-24(22)4/h5-14H,1-2,4H3/q+2. The molecule has 126 valence electrons. The average Bonchev–Trinajstić information content (AvgIpc) is 3.08. The van der Waals surface area contributed by atoms with E-state index in [9.17, 15) is 0 Å². The molecule has 0 bridgehead atoms. The molecule has 4 rings (SSSR count). The van der Waals surface area contributed by atoms with Gasteiger partial charge in [0, 0.05) is 41.6 Å². The first-order valence-corrected chi connectivity index (χ1v) is 8.45. The second-order valence-corrected chi connectivity index (χ2v) is 6.47. The van der Waals surface area contributed by atoms with Crippen molar-refractivity contribution in [3.05, 3.63) is 83.9 Å². The van der Waals surface area contributed by atoms with E-state index < -0.39 is 0 Å². The average molecular weight is 341 g/mol. The molecule has 0 unspecified atom stereocenters. The number of hydrogen-bond donors (Lipinski definition) is 0. The Kier molecular flexibility index (Phi) is 3.78. The number of rotatable bonds is 2. The summed E-state index contributed by atoms with van der Waals surface area (Å²) in [4.78, 5) is 3.70. The number of pyridine rings is 1. The van der Waals surface area contributed by atoms with Crippen LogP contribution in [0.2, 0.25) is 0 Å². The number of nitrogens with zero attached hydrogens (tertiary/aromatic N) is 3. The fourth-order valence-electron chi connectivity index (χ4n) is 3.45. The lowest BCUT2D eigenvalue weighted by atomic mass is 10.0. The van der Waals surface area contributed by atoms with Gasteiger partial charge in [0.2, 0.25) is 16.9 Å². The summed E-state index contributed by atoms with van der Waals surface area (Å²) in [6, 6.07) is 16.4. The monoisotopic (exact) mass is 341 g/mol. The van der Waals surface area contributed by atoms with Gasteiger partial charge in [-0.3, -0.25) is 0 Å². The molecule has 0 aliphatic carbocycles. The van der Waals surface area contributed by atoms with Crippen molar-refractivity contribution >= 4 is 16.6 Å². The Labute approximate surface area is 152 Å². The molecule has 0 radical (unpaired) electrons. The van der Waals surface area contributed by atoms with Gasteiger partial charge in [-0.1, -0.05) is 12.1 Å². The van der Waals surface area contributed by atoms with Crippen LogP contribution in [-0.4, -0.2) is 0 Å². The summed E-state index contributed by atoms with van der Waals surface area (Å²) in [6.07, 6.45) is 3.38. The highest BCUT2D eigenvalue weighted by atomic mass is 16.3. The molecular weight excluding hydrogens is 322 g/mol. The zero-order valence-electron chi connectivity index (χ0n) is 15.0. The molecule has 26 heavy (non-hydrogen) atoms. The Hall–Kier alpha value is -3.45. The van der Waals surface area contributed by atoms with Crippen LogP contribution in [0.4, 0.5) is 5.69 Å². The van der Waals surface area contributed by atoms with Crippen LogP contribution >= 0.6 is 0 Å². The van der Waals surface area contributed by atoms with Crippen LogP contribution in [0.25, 0.3) is 32.7 Å². The van der Waals surface area contributed by atoms with Crippen LogP contribution < -0.4 is 9.13 Å². The van der Waals surface area contributed by atoms with Gasteiger partial charge in [-0.25, -0.2) is 4.85 Å². The van der Waals surface area contributed by atoms with Crippen LogP contribution in [0.1, 0.15) is 11.3 Å². The van der Waals surface area contributed by atoms with Crippen molar-refractivity contribution in [1.29, 1.82) is 0 Å². The predicted molar refractivity (Wildman–Crippen MR) is 100 cm³/mol. The molecule has 0 amide bonds. The zero-order valence-corrected chi connectivity index (χ0v) is 15.0. The summed E-state index contributed by atoms with van der Waals surface area (Å²) in [5.41, 5.74) is 6.94. The number of aryl methyl sites for hydroxylation is 2. The van der Waals surface area contributed by atoms with Gasteiger partial charge >= 0.3 is 6.39 Å². The molecule has 2 aromatic heterocycles. The van der Waals surface area contributed by atoms with Gasteiger partial charge in [0.25, 0.3) is 0 Å². The minimum absolute atomic E-state index is 0.613. The van der Waals surface area contributed by atoms with E-state index in [4.69, 9.17) is 11.0 Å². The fourth-order valence-corrected chi connectivity index (χ4v) is 3.45. The van der Waals surface area contributed by atoms with Gasteiger partial charge < -0.3 is 4.42 Å².